The average Bonchev–Trinajstić information content (AvgIpc) is 3.00. The Kier molecular flexibility index (Phi) is 7.06. The Morgan fingerprint density at radius 2 is 2.00 bits per heavy atom. The highest BCUT2D eigenvalue weighted by atomic mass is 16.5. The van der Waals surface area contributed by atoms with Gasteiger partial charge in [0.1, 0.15) is 0 Å². The molecule has 1 aromatic carbocycles. The van der Waals surface area contributed by atoms with Crippen LogP contribution in [0.15, 0.2) is 24.3 Å². The van der Waals surface area contributed by atoms with Crippen LogP contribution in [0, 0.1) is 0 Å². The first-order valence-electron chi connectivity index (χ1n) is 8.50. The molecule has 1 unspecified atom stereocenters. The summed E-state index contributed by atoms with van der Waals surface area (Å²) in [5, 5.41) is 11.9. The second kappa shape index (κ2) is 9.27. The van der Waals surface area contributed by atoms with Gasteiger partial charge in [0.2, 0.25) is 5.91 Å². The van der Waals surface area contributed by atoms with Crippen LogP contribution in [0.25, 0.3) is 0 Å². The van der Waals surface area contributed by atoms with Crippen molar-refractivity contribution in [2.75, 3.05) is 26.4 Å². The van der Waals surface area contributed by atoms with Crippen LogP contribution < -0.4 is 14.8 Å². The van der Waals surface area contributed by atoms with E-state index in [1.54, 1.807) is 0 Å². The van der Waals surface area contributed by atoms with Crippen molar-refractivity contribution in [2.24, 2.45) is 0 Å². The average molecular weight is 351 g/mol. The molecule has 1 fully saturated rings. The molecule has 2 N–H and O–H groups in total. The molecule has 1 aliphatic heterocycles. The highest BCUT2D eigenvalue weighted by molar-refractivity contribution is 5.78. The topological polar surface area (TPSA) is 94.1 Å². The van der Waals surface area contributed by atoms with E-state index in [2.05, 4.69) is 5.32 Å². The van der Waals surface area contributed by atoms with Crippen molar-refractivity contribution < 1.29 is 28.9 Å². The molecule has 7 heteroatoms. The summed E-state index contributed by atoms with van der Waals surface area (Å²) in [4.78, 5) is 23.1. The van der Waals surface area contributed by atoms with Crippen molar-refractivity contribution in [1.82, 2.24) is 5.32 Å². The van der Waals surface area contributed by atoms with Gasteiger partial charge in [-0.05, 0) is 31.9 Å². The van der Waals surface area contributed by atoms with Gasteiger partial charge in [0.05, 0.1) is 31.8 Å². The molecule has 1 saturated heterocycles. The van der Waals surface area contributed by atoms with E-state index in [0.717, 1.165) is 0 Å². The van der Waals surface area contributed by atoms with E-state index in [1.807, 2.05) is 31.2 Å². The molecule has 25 heavy (non-hydrogen) atoms. The number of amides is 1. The fraction of sp³-hybridized carbons (Fsp3) is 0.556. The number of benzene rings is 1. The predicted molar refractivity (Wildman–Crippen MR) is 90.9 cm³/mol. The first-order chi connectivity index (χ1) is 12.0. The van der Waals surface area contributed by atoms with Crippen molar-refractivity contribution in [3.63, 3.8) is 0 Å². The second-order valence-electron chi connectivity index (χ2n) is 6.03. The van der Waals surface area contributed by atoms with Crippen LogP contribution in [0.3, 0.4) is 0 Å². The molecule has 138 valence electrons. The molecule has 1 amide bonds. The van der Waals surface area contributed by atoms with Gasteiger partial charge in [-0.1, -0.05) is 12.1 Å². The van der Waals surface area contributed by atoms with Crippen molar-refractivity contribution >= 4 is 11.9 Å². The lowest BCUT2D eigenvalue weighted by atomic mass is 9.94. The number of para-hydroxylation sites is 2. The van der Waals surface area contributed by atoms with Gasteiger partial charge in [-0.3, -0.25) is 9.59 Å². The van der Waals surface area contributed by atoms with Gasteiger partial charge in [-0.15, -0.1) is 0 Å². The number of rotatable bonds is 10. The van der Waals surface area contributed by atoms with Crippen LogP contribution in [0.4, 0.5) is 0 Å². The van der Waals surface area contributed by atoms with Crippen molar-refractivity contribution in [2.45, 2.75) is 38.1 Å². The summed E-state index contributed by atoms with van der Waals surface area (Å²) in [7, 11) is 0. The Morgan fingerprint density at radius 3 is 2.60 bits per heavy atom. The molecule has 1 heterocycles. The van der Waals surface area contributed by atoms with Crippen LogP contribution >= 0.6 is 0 Å². The van der Waals surface area contributed by atoms with Gasteiger partial charge < -0.3 is 24.6 Å². The number of aliphatic carboxylic acids is 1. The van der Waals surface area contributed by atoms with Gasteiger partial charge in [-0.25, -0.2) is 0 Å². The zero-order chi connectivity index (χ0) is 18.1. The number of hydrogen-bond acceptors (Lipinski definition) is 5. The molecule has 0 bridgehead atoms. The summed E-state index contributed by atoms with van der Waals surface area (Å²) >= 11 is 0. The molecular formula is C18H25NO6. The van der Waals surface area contributed by atoms with E-state index in [-0.39, 0.29) is 25.4 Å². The quantitative estimate of drug-likeness (QED) is 0.626. The van der Waals surface area contributed by atoms with Gasteiger partial charge in [-0.2, -0.15) is 0 Å². The largest absolute Gasteiger partial charge is 0.490 e. The zero-order valence-electron chi connectivity index (χ0n) is 14.5. The minimum absolute atomic E-state index is 0.128. The Labute approximate surface area is 147 Å². The van der Waals surface area contributed by atoms with E-state index in [9.17, 15) is 9.59 Å². The number of hydrogen-bond donors (Lipinski definition) is 2. The highest BCUT2D eigenvalue weighted by Gasteiger charge is 2.38. The molecule has 0 saturated carbocycles. The third kappa shape index (κ3) is 5.94. The molecular weight excluding hydrogens is 326 g/mol. The fourth-order valence-corrected chi connectivity index (χ4v) is 2.80. The van der Waals surface area contributed by atoms with Gasteiger partial charge in [0, 0.05) is 13.0 Å². The van der Waals surface area contributed by atoms with Gasteiger partial charge in [0.15, 0.2) is 11.5 Å². The molecule has 0 spiro atoms. The molecule has 0 aromatic heterocycles. The minimum atomic E-state index is -0.943. The lowest BCUT2D eigenvalue weighted by Gasteiger charge is -2.27. The SMILES string of the molecule is CCOc1ccccc1OCCCC(=O)NC1(CC(=O)O)CCOC1. The number of carboxylic acids is 1. The molecule has 2 rings (SSSR count). The third-order valence-corrected chi connectivity index (χ3v) is 3.95. The normalized spacial score (nSPS) is 19.4. The fourth-order valence-electron chi connectivity index (χ4n) is 2.80. The summed E-state index contributed by atoms with van der Waals surface area (Å²) in [6.07, 6.45) is 1.18. The molecule has 7 nitrogen and oxygen atoms in total. The lowest BCUT2D eigenvalue weighted by molar-refractivity contribution is -0.139. The summed E-state index contributed by atoms with van der Waals surface area (Å²) in [5.41, 5.74) is -0.786. The maximum Gasteiger partial charge on any atom is 0.305 e. The number of carboxylic acid groups (broad SMARTS) is 1. The van der Waals surface area contributed by atoms with Gasteiger partial charge >= 0.3 is 5.97 Å². The lowest BCUT2D eigenvalue weighted by Crippen LogP contribution is -2.50. The van der Waals surface area contributed by atoms with Gasteiger partial charge in [0.25, 0.3) is 0 Å². The molecule has 0 aliphatic carbocycles. The van der Waals surface area contributed by atoms with E-state index < -0.39 is 11.5 Å². The highest BCUT2D eigenvalue weighted by Crippen LogP contribution is 2.26. The standard InChI is InChI=1S/C18H25NO6/c1-2-24-14-6-3-4-7-15(14)25-10-5-8-16(20)19-18(12-17(21)22)9-11-23-13-18/h3-4,6-7H,2,5,8-13H2,1H3,(H,19,20)(H,21,22). The maximum absolute atomic E-state index is 12.1. The van der Waals surface area contributed by atoms with Crippen LogP contribution in [-0.2, 0) is 14.3 Å². The smallest absolute Gasteiger partial charge is 0.305 e. The second-order valence-corrected chi connectivity index (χ2v) is 6.03. The summed E-state index contributed by atoms with van der Waals surface area (Å²) in [6, 6.07) is 7.39. The zero-order valence-corrected chi connectivity index (χ0v) is 14.5. The Balaban J connectivity index is 1.76. The monoisotopic (exact) mass is 351 g/mol. The Morgan fingerprint density at radius 1 is 1.28 bits per heavy atom. The summed E-state index contributed by atoms with van der Waals surface area (Å²) in [6.45, 7) is 3.53. The first kappa shape index (κ1) is 19.1. The number of ether oxygens (including phenoxy) is 3. The summed E-state index contributed by atoms with van der Waals surface area (Å²) in [5.74, 6) is 0.198. The van der Waals surface area contributed by atoms with E-state index >= 15 is 0 Å². The van der Waals surface area contributed by atoms with Crippen LogP contribution in [0.5, 0.6) is 11.5 Å². The van der Waals surface area contributed by atoms with E-state index in [0.29, 0.717) is 44.2 Å². The third-order valence-electron chi connectivity index (χ3n) is 3.95. The van der Waals surface area contributed by atoms with Crippen LogP contribution in [0.1, 0.15) is 32.6 Å². The van der Waals surface area contributed by atoms with Crippen molar-refractivity contribution in [3.05, 3.63) is 24.3 Å². The Bertz CT molecular complexity index is 583. The molecule has 1 aromatic rings. The predicted octanol–water partition coefficient (Wildman–Crippen LogP) is 1.99. The van der Waals surface area contributed by atoms with Crippen molar-refractivity contribution in [3.8, 4) is 11.5 Å². The van der Waals surface area contributed by atoms with Crippen LogP contribution in [0.2, 0.25) is 0 Å². The van der Waals surface area contributed by atoms with Crippen molar-refractivity contribution in [1.29, 1.82) is 0 Å². The first-order valence-corrected chi connectivity index (χ1v) is 8.50. The van der Waals surface area contributed by atoms with E-state index in [4.69, 9.17) is 19.3 Å². The summed E-state index contributed by atoms with van der Waals surface area (Å²) < 4.78 is 16.4. The minimum Gasteiger partial charge on any atom is -0.490 e. The maximum atomic E-state index is 12.1. The number of carbonyl (C=O) groups excluding carboxylic acids is 1. The number of carbonyl (C=O) groups is 2. The molecule has 1 atom stereocenters. The number of nitrogens with one attached hydrogen (secondary N) is 1. The van der Waals surface area contributed by atoms with E-state index in [1.165, 1.54) is 0 Å². The molecule has 0 radical (unpaired) electrons. The Hall–Kier alpha value is -2.28. The molecule has 1 aliphatic rings. The van der Waals surface area contributed by atoms with Crippen LogP contribution in [-0.4, -0.2) is 48.9 Å².